The number of anilines is 1. The molecular formula is C14H11ClF3N. The molecule has 0 spiro atoms. The van der Waals surface area contributed by atoms with E-state index in [1.54, 1.807) is 12.1 Å². The summed E-state index contributed by atoms with van der Waals surface area (Å²) in [6.45, 7) is 1.86. The van der Waals surface area contributed by atoms with E-state index in [1.807, 2.05) is 13.0 Å². The first kappa shape index (κ1) is 13.7. The molecule has 100 valence electrons. The van der Waals surface area contributed by atoms with Gasteiger partial charge in [0.15, 0.2) is 0 Å². The van der Waals surface area contributed by atoms with Crippen LogP contribution in [-0.4, -0.2) is 0 Å². The van der Waals surface area contributed by atoms with Gasteiger partial charge < -0.3 is 5.73 Å². The van der Waals surface area contributed by atoms with E-state index in [-0.39, 0.29) is 5.69 Å². The van der Waals surface area contributed by atoms with Gasteiger partial charge in [-0.3, -0.25) is 0 Å². The molecule has 2 aromatic rings. The van der Waals surface area contributed by atoms with Crippen LogP contribution in [0.15, 0.2) is 36.4 Å². The maximum absolute atomic E-state index is 12.6. The summed E-state index contributed by atoms with van der Waals surface area (Å²) in [6, 6.07) is 8.96. The van der Waals surface area contributed by atoms with E-state index in [9.17, 15) is 13.2 Å². The molecule has 0 aliphatic rings. The van der Waals surface area contributed by atoms with Crippen LogP contribution in [0.2, 0.25) is 5.02 Å². The van der Waals surface area contributed by atoms with Crippen LogP contribution in [0.25, 0.3) is 11.1 Å². The zero-order valence-electron chi connectivity index (χ0n) is 10.1. The molecule has 0 fully saturated rings. The van der Waals surface area contributed by atoms with Crippen LogP contribution in [0.4, 0.5) is 18.9 Å². The van der Waals surface area contributed by atoms with Gasteiger partial charge in [-0.1, -0.05) is 23.7 Å². The fourth-order valence-electron chi connectivity index (χ4n) is 1.89. The third-order valence-electron chi connectivity index (χ3n) is 2.87. The van der Waals surface area contributed by atoms with Gasteiger partial charge in [-0.25, -0.2) is 0 Å². The fraction of sp³-hybridized carbons (Fsp3) is 0.143. The van der Waals surface area contributed by atoms with Crippen molar-refractivity contribution in [3.05, 3.63) is 52.5 Å². The molecule has 0 bridgehead atoms. The summed E-state index contributed by atoms with van der Waals surface area (Å²) in [4.78, 5) is 0. The molecule has 0 atom stereocenters. The smallest absolute Gasteiger partial charge is 0.398 e. The van der Waals surface area contributed by atoms with E-state index in [0.717, 1.165) is 17.2 Å². The molecule has 2 rings (SSSR count). The summed E-state index contributed by atoms with van der Waals surface area (Å²) in [7, 11) is 0. The van der Waals surface area contributed by atoms with Crippen molar-refractivity contribution in [2.45, 2.75) is 13.1 Å². The Labute approximate surface area is 113 Å². The summed E-state index contributed by atoms with van der Waals surface area (Å²) in [5, 5.41) is 0.527. The molecule has 0 saturated carbocycles. The van der Waals surface area contributed by atoms with Crippen LogP contribution in [0.1, 0.15) is 11.1 Å². The minimum atomic E-state index is -4.44. The van der Waals surface area contributed by atoms with E-state index < -0.39 is 11.7 Å². The van der Waals surface area contributed by atoms with Gasteiger partial charge in [-0.15, -0.1) is 0 Å². The van der Waals surface area contributed by atoms with Gasteiger partial charge in [0.05, 0.1) is 5.56 Å². The third-order valence-corrected chi connectivity index (χ3v) is 3.10. The molecule has 0 aliphatic carbocycles. The van der Waals surface area contributed by atoms with Crippen LogP contribution in [0.5, 0.6) is 0 Å². The third kappa shape index (κ3) is 2.84. The Kier molecular flexibility index (Phi) is 3.45. The monoisotopic (exact) mass is 285 g/mol. The largest absolute Gasteiger partial charge is 0.418 e. The lowest BCUT2D eigenvalue weighted by molar-refractivity contribution is -0.136. The van der Waals surface area contributed by atoms with E-state index in [0.29, 0.717) is 10.6 Å². The second kappa shape index (κ2) is 4.78. The molecule has 2 N–H and O–H groups in total. The first-order valence-electron chi connectivity index (χ1n) is 5.52. The van der Waals surface area contributed by atoms with Crippen LogP contribution >= 0.6 is 11.6 Å². The molecule has 19 heavy (non-hydrogen) atoms. The van der Waals surface area contributed by atoms with Crippen LogP contribution in [0.3, 0.4) is 0 Å². The van der Waals surface area contributed by atoms with Crippen molar-refractivity contribution in [1.29, 1.82) is 0 Å². The normalized spacial score (nSPS) is 11.6. The number of benzene rings is 2. The molecule has 0 amide bonds. The maximum Gasteiger partial charge on any atom is 0.418 e. The van der Waals surface area contributed by atoms with Crippen LogP contribution < -0.4 is 5.73 Å². The maximum atomic E-state index is 12.6. The first-order valence-corrected chi connectivity index (χ1v) is 5.90. The number of aryl methyl sites for hydroxylation is 1. The minimum Gasteiger partial charge on any atom is -0.398 e. The van der Waals surface area contributed by atoms with Crippen molar-refractivity contribution in [2.24, 2.45) is 0 Å². The highest BCUT2D eigenvalue weighted by Gasteiger charge is 2.32. The van der Waals surface area contributed by atoms with E-state index in [1.165, 1.54) is 12.1 Å². The summed E-state index contributed by atoms with van der Waals surface area (Å²) >= 11 is 5.90. The molecule has 0 aliphatic heterocycles. The van der Waals surface area contributed by atoms with E-state index in [2.05, 4.69) is 0 Å². The van der Waals surface area contributed by atoms with Crippen molar-refractivity contribution in [2.75, 3.05) is 5.73 Å². The average molecular weight is 286 g/mol. The predicted octanol–water partition coefficient (Wildman–Crippen LogP) is 4.92. The molecule has 0 heterocycles. The van der Waals surface area contributed by atoms with Gasteiger partial charge in [-0.05, 0) is 47.9 Å². The molecule has 0 aromatic heterocycles. The standard InChI is InChI=1S/C14H11ClF3N/c1-8-2-4-10(15)7-11(8)9-3-5-12(13(19)6-9)14(16,17)18/h2-7H,19H2,1H3. The zero-order valence-corrected chi connectivity index (χ0v) is 10.8. The van der Waals surface area contributed by atoms with Gasteiger partial charge in [0, 0.05) is 10.7 Å². The molecule has 2 aromatic carbocycles. The molecule has 5 heteroatoms. The predicted molar refractivity (Wildman–Crippen MR) is 71.0 cm³/mol. The lowest BCUT2D eigenvalue weighted by Crippen LogP contribution is -2.08. The Morgan fingerprint density at radius 1 is 1.05 bits per heavy atom. The van der Waals surface area contributed by atoms with Gasteiger partial charge in [0.1, 0.15) is 0 Å². The number of alkyl halides is 3. The summed E-state index contributed by atoms with van der Waals surface area (Å²) in [5.41, 5.74) is 6.68. The Morgan fingerprint density at radius 2 is 1.74 bits per heavy atom. The topological polar surface area (TPSA) is 26.0 Å². The second-order valence-electron chi connectivity index (χ2n) is 4.26. The van der Waals surface area contributed by atoms with Gasteiger partial charge in [-0.2, -0.15) is 13.2 Å². The Morgan fingerprint density at radius 3 is 2.32 bits per heavy atom. The van der Waals surface area contributed by atoms with Crippen molar-refractivity contribution >= 4 is 17.3 Å². The average Bonchev–Trinajstić information content (AvgIpc) is 2.30. The quantitative estimate of drug-likeness (QED) is 0.740. The highest BCUT2D eigenvalue weighted by Crippen LogP contribution is 2.36. The number of halogens is 4. The SMILES string of the molecule is Cc1ccc(Cl)cc1-c1ccc(C(F)(F)F)c(N)c1. The lowest BCUT2D eigenvalue weighted by Gasteiger charge is -2.12. The van der Waals surface area contributed by atoms with Crippen molar-refractivity contribution in [1.82, 2.24) is 0 Å². The molecule has 0 unspecified atom stereocenters. The number of nitrogens with two attached hydrogens (primary N) is 1. The highest BCUT2D eigenvalue weighted by molar-refractivity contribution is 6.30. The van der Waals surface area contributed by atoms with Crippen molar-refractivity contribution in [3.63, 3.8) is 0 Å². The molecule has 1 nitrogen and oxygen atoms in total. The zero-order chi connectivity index (χ0) is 14.2. The molecule has 0 saturated heterocycles. The van der Waals surface area contributed by atoms with Crippen molar-refractivity contribution < 1.29 is 13.2 Å². The number of rotatable bonds is 1. The van der Waals surface area contributed by atoms with Crippen molar-refractivity contribution in [3.8, 4) is 11.1 Å². The fourth-order valence-corrected chi connectivity index (χ4v) is 2.07. The van der Waals surface area contributed by atoms with Gasteiger partial charge in [0.25, 0.3) is 0 Å². The molecule has 0 radical (unpaired) electrons. The Hall–Kier alpha value is -1.68. The highest BCUT2D eigenvalue weighted by atomic mass is 35.5. The summed E-state index contributed by atoms with van der Waals surface area (Å²) in [5.74, 6) is 0. The Bertz CT molecular complexity index is 621. The Balaban J connectivity index is 2.54. The summed E-state index contributed by atoms with van der Waals surface area (Å²) < 4.78 is 37.9. The van der Waals surface area contributed by atoms with Crippen LogP contribution in [0, 0.1) is 6.92 Å². The second-order valence-corrected chi connectivity index (χ2v) is 4.70. The summed E-state index contributed by atoms with van der Waals surface area (Å²) in [6.07, 6.45) is -4.44. The van der Waals surface area contributed by atoms with Gasteiger partial charge >= 0.3 is 6.18 Å². The number of nitrogen functional groups attached to an aromatic ring is 1. The first-order chi connectivity index (χ1) is 8.79. The lowest BCUT2D eigenvalue weighted by atomic mass is 9.98. The number of hydrogen-bond donors (Lipinski definition) is 1. The molecular weight excluding hydrogens is 275 g/mol. The van der Waals surface area contributed by atoms with Crippen LogP contribution in [-0.2, 0) is 6.18 Å². The number of hydrogen-bond acceptors (Lipinski definition) is 1. The van der Waals surface area contributed by atoms with E-state index in [4.69, 9.17) is 17.3 Å². The van der Waals surface area contributed by atoms with Gasteiger partial charge in [0.2, 0.25) is 0 Å². The minimum absolute atomic E-state index is 0.288. The van der Waals surface area contributed by atoms with E-state index >= 15 is 0 Å².